The second kappa shape index (κ2) is 6.36. The van der Waals surface area contributed by atoms with Gasteiger partial charge in [0.1, 0.15) is 0 Å². The first kappa shape index (κ1) is 15.5. The van der Waals surface area contributed by atoms with Crippen LogP contribution in [-0.2, 0) is 29.5 Å². The van der Waals surface area contributed by atoms with Crippen molar-refractivity contribution in [2.75, 3.05) is 19.7 Å². The van der Waals surface area contributed by atoms with Gasteiger partial charge < -0.3 is 14.8 Å². The molecule has 2 aliphatic rings. The van der Waals surface area contributed by atoms with Crippen molar-refractivity contribution in [2.24, 2.45) is 7.05 Å². The number of rotatable bonds is 4. The Hall–Kier alpha value is -0.430. The highest BCUT2D eigenvalue weighted by molar-refractivity contribution is 9.10. The standard InChI is InChI=1S/C15H24BrN3O2/c1-3-12-14(16)13(19(2)18-12)10-20-11-8-15(21-9-11)4-6-17-7-5-15/h11,17H,3-10H2,1-2H3. The van der Waals surface area contributed by atoms with Gasteiger partial charge in [-0.2, -0.15) is 5.10 Å². The van der Waals surface area contributed by atoms with E-state index in [0.29, 0.717) is 6.61 Å². The third-order valence-electron chi connectivity index (χ3n) is 4.65. The van der Waals surface area contributed by atoms with Gasteiger partial charge in [0.2, 0.25) is 0 Å². The van der Waals surface area contributed by atoms with Crippen LogP contribution in [0.5, 0.6) is 0 Å². The largest absolute Gasteiger partial charge is 0.372 e. The topological polar surface area (TPSA) is 48.3 Å². The van der Waals surface area contributed by atoms with E-state index >= 15 is 0 Å². The number of nitrogens with zero attached hydrogens (tertiary/aromatic N) is 2. The number of ether oxygens (including phenoxy) is 2. The number of aryl methyl sites for hydroxylation is 2. The van der Waals surface area contributed by atoms with Crippen molar-refractivity contribution < 1.29 is 9.47 Å². The van der Waals surface area contributed by atoms with Crippen LogP contribution >= 0.6 is 15.9 Å². The molecule has 118 valence electrons. The average molecular weight is 358 g/mol. The van der Waals surface area contributed by atoms with Gasteiger partial charge in [-0.05, 0) is 48.3 Å². The monoisotopic (exact) mass is 357 g/mol. The highest BCUT2D eigenvalue weighted by atomic mass is 79.9. The lowest BCUT2D eigenvalue weighted by atomic mass is 9.89. The molecular weight excluding hydrogens is 334 g/mol. The molecule has 0 saturated carbocycles. The van der Waals surface area contributed by atoms with E-state index in [1.807, 2.05) is 11.7 Å². The fourth-order valence-corrected chi connectivity index (χ4v) is 4.04. The van der Waals surface area contributed by atoms with Gasteiger partial charge in [-0.25, -0.2) is 0 Å². The van der Waals surface area contributed by atoms with Crippen LogP contribution in [0.25, 0.3) is 0 Å². The van der Waals surface area contributed by atoms with Crippen LogP contribution in [0, 0.1) is 0 Å². The maximum atomic E-state index is 6.10. The minimum Gasteiger partial charge on any atom is -0.372 e. The molecule has 1 atom stereocenters. The fraction of sp³-hybridized carbons (Fsp3) is 0.800. The smallest absolute Gasteiger partial charge is 0.0901 e. The molecule has 5 nitrogen and oxygen atoms in total. The molecule has 0 radical (unpaired) electrons. The number of hydrogen-bond donors (Lipinski definition) is 1. The van der Waals surface area contributed by atoms with Crippen LogP contribution < -0.4 is 5.32 Å². The van der Waals surface area contributed by atoms with Crippen LogP contribution in [0.2, 0.25) is 0 Å². The average Bonchev–Trinajstić information content (AvgIpc) is 3.00. The number of piperidine rings is 1. The maximum absolute atomic E-state index is 6.10. The van der Waals surface area contributed by atoms with Gasteiger partial charge in [-0.3, -0.25) is 4.68 Å². The second-order valence-electron chi connectivity index (χ2n) is 6.07. The van der Waals surface area contributed by atoms with Gasteiger partial charge in [0.25, 0.3) is 0 Å². The van der Waals surface area contributed by atoms with Gasteiger partial charge in [0.15, 0.2) is 0 Å². The lowest BCUT2D eigenvalue weighted by Crippen LogP contribution is -2.41. The molecule has 3 heterocycles. The summed E-state index contributed by atoms with van der Waals surface area (Å²) < 4.78 is 15.2. The molecule has 1 aromatic heterocycles. The fourth-order valence-electron chi connectivity index (χ4n) is 3.31. The first-order valence-corrected chi connectivity index (χ1v) is 8.59. The van der Waals surface area contributed by atoms with Crippen molar-refractivity contribution in [3.8, 4) is 0 Å². The molecule has 2 aliphatic heterocycles. The molecule has 1 spiro atoms. The van der Waals surface area contributed by atoms with Crippen molar-refractivity contribution in [3.05, 3.63) is 15.9 Å². The number of hydrogen-bond acceptors (Lipinski definition) is 4. The third-order valence-corrected chi connectivity index (χ3v) is 5.56. The molecule has 1 unspecified atom stereocenters. The van der Waals surface area contributed by atoms with E-state index < -0.39 is 0 Å². The van der Waals surface area contributed by atoms with Gasteiger partial charge in [0.05, 0.1) is 40.8 Å². The summed E-state index contributed by atoms with van der Waals surface area (Å²) in [7, 11) is 1.97. The lowest BCUT2D eigenvalue weighted by Gasteiger charge is -2.32. The summed E-state index contributed by atoms with van der Waals surface area (Å²) in [6.45, 7) is 5.53. The quantitative estimate of drug-likeness (QED) is 0.896. The summed E-state index contributed by atoms with van der Waals surface area (Å²) in [5, 5.41) is 7.90. The lowest BCUT2D eigenvalue weighted by molar-refractivity contribution is -0.0243. The van der Waals surface area contributed by atoms with E-state index in [-0.39, 0.29) is 11.7 Å². The Bertz CT molecular complexity index is 497. The normalized spacial score (nSPS) is 24.8. The van der Waals surface area contributed by atoms with Gasteiger partial charge >= 0.3 is 0 Å². The van der Waals surface area contributed by atoms with E-state index in [0.717, 1.165) is 61.2 Å². The van der Waals surface area contributed by atoms with Crippen LogP contribution in [0.3, 0.4) is 0 Å². The molecule has 2 saturated heterocycles. The Kier molecular flexibility index (Phi) is 4.69. The predicted molar refractivity (Wildman–Crippen MR) is 84.3 cm³/mol. The first-order valence-electron chi connectivity index (χ1n) is 7.80. The van der Waals surface area contributed by atoms with E-state index in [1.165, 1.54) is 0 Å². The SMILES string of the molecule is CCc1nn(C)c(COC2COC3(CCNCC3)C2)c1Br. The molecule has 6 heteroatoms. The highest BCUT2D eigenvalue weighted by Crippen LogP contribution is 2.35. The van der Waals surface area contributed by atoms with E-state index in [1.54, 1.807) is 0 Å². The van der Waals surface area contributed by atoms with Gasteiger partial charge in [-0.15, -0.1) is 0 Å². The van der Waals surface area contributed by atoms with E-state index in [4.69, 9.17) is 9.47 Å². The van der Waals surface area contributed by atoms with E-state index in [9.17, 15) is 0 Å². The molecule has 0 aromatic carbocycles. The Morgan fingerprint density at radius 1 is 1.48 bits per heavy atom. The van der Waals surface area contributed by atoms with E-state index in [2.05, 4.69) is 33.3 Å². The maximum Gasteiger partial charge on any atom is 0.0901 e. The summed E-state index contributed by atoms with van der Waals surface area (Å²) in [5.41, 5.74) is 2.26. The number of nitrogens with one attached hydrogen (secondary N) is 1. The van der Waals surface area contributed by atoms with Gasteiger partial charge in [-0.1, -0.05) is 6.92 Å². The molecular formula is C15H24BrN3O2. The van der Waals surface area contributed by atoms with Crippen LogP contribution in [0.4, 0.5) is 0 Å². The van der Waals surface area contributed by atoms with Crippen LogP contribution in [0.1, 0.15) is 37.6 Å². The molecule has 0 aliphatic carbocycles. The number of aromatic nitrogens is 2. The van der Waals surface area contributed by atoms with Gasteiger partial charge in [0, 0.05) is 13.5 Å². The summed E-state index contributed by atoms with van der Waals surface area (Å²) in [6.07, 6.45) is 4.35. The molecule has 21 heavy (non-hydrogen) atoms. The molecule has 3 rings (SSSR count). The molecule has 0 amide bonds. The highest BCUT2D eigenvalue weighted by Gasteiger charge is 2.41. The second-order valence-corrected chi connectivity index (χ2v) is 6.86. The minimum absolute atomic E-state index is 0.0637. The Morgan fingerprint density at radius 2 is 2.24 bits per heavy atom. The zero-order chi connectivity index (χ0) is 14.9. The molecule has 1 aromatic rings. The van der Waals surface area contributed by atoms with Crippen molar-refractivity contribution in [3.63, 3.8) is 0 Å². The third kappa shape index (κ3) is 3.18. The summed E-state index contributed by atoms with van der Waals surface area (Å²) in [5.74, 6) is 0. The van der Waals surface area contributed by atoms with Crippen LogP contribution in [0.15, 0.2) is 4.47 Å². The Balaban J connectivity index is 1.58. The Morgan fingerprint density at radius 3 is 2.90 bits per heavy atom. The van der Waals surface area contributed by atoms with Crippen molar-refractivity contribution in [2.45, 2.75) is 50.9 Å². The zero-order valence-electron chi connectivity index (χ0n) is 12.8. The minimum atomic E-state index is 0.0637. The zero-order valence-corrected chi connectivity index (χ0v) is 14.4. The number of halogens is 1. The Labute approximate surface area is 134 Å². The summed E-state index contributed by atoms with van der Waals surface area (Å²) >= 11 is 3.64. The molecule has 0 bridgehead atoms. The summed E-state index contributed by atoms with van der Waals surface area (Å²) in [6, 6.07) is 0. The van der Waals surface area contributed by atoms with Crippen molar-refractivity contribution in [1.29, 1.82) is 0 Å². The van der Waals surface area contributed by atoms with Crippen molar-refractivity contribution >= 4 is 15.9 Å². The summed E-state index contributed by atoms with van der Waals surface area (Å²) in [4.78, 5) is 0. The first-order chi connectivity index (χ1) is 10.1. The van der Waals surface area contributed by atoms with Crippen molar-refractivity contribution in [1.82, 2.24) is 15.1 Å². The molecule has 1 N–H and O–H groups in total. The predicted octanol–water partition coefficient (Wildman–Crippen LogP) is 2.17. The van der Waals surface area contributed by atoms with Crippen LogP contribution in [-0.4, -0.2) is 41.2 Å². The molecule has 2 fully saturated rings.